The summed E-state index contributed by atoms with van der Waals surface area (Å²) in [5.41, 5.74) is -1.05. The largest absolute Gasteiger partial charge is 0.488 e. The molecule has 0 bridgehead atoms. The fraction of sp³-hybridized carbons (Fsp3) is 0. The van der Waals surface area contributed by atoms with Gasteiger partial charge in [-0.3, -0.25) is 25.0 Å². The summed E-state index contributed by atoms with van der Waals surface area (Å²) in [7, 11) is 0. The van der Waals surface area contributed by atoms with E-state index in [0.29, 0.717) is 11.4 Å². The number of H-pyrrole nitrogens is 1. The molecule has 0 spiro atoms. The van der Waals surface area contributed by atoms with E-state index in [0.717, 1.165) is 0 Å². The van der Waals surface area contributed by atoms with Gasteiger partial charge >= 0.3 is 11.2 Å². The number of aromatic hydroxyl groups is 1. The molecule has 11 heteroatoms. The molecular weight excluding hydrogens is 358 g/mol. The highest BCUT2D eigenvalue weighted by Crippen LogP contribution is 2.21. The van der Waals surface area contributed by atoms with Gasteiger partial charge in [0.25, 0.3) is 11.6 Å². The van der Waals surface area contributed by atoms with Crippen LogP contribution in [0.5, 0.6) is 5.88 Å². The molecule has 0 saturated heterocycles. The van der Waals surface area contributed by atoms with Crippen molar-refractivity contribution in [3.8, 4) is 11.6 Å². The zero-order valence-electron chi connectivity index (χ0n) is 13.5. The van der Waals surface area contributed by atoms with Crippen molar-refractivity contribution < 1.29 is 15.0 Å². The third kappa shape index (κ3) is 3.56. The van der Waals surface area contributed by atoms with Crippen LogP contribution in [-0.4, -0.2) is 29.5 Å². The summed E-state index contributed by atoms with van der Waals surface area (Å²) < 4.78 is 1.66. The average Bonchev–Trinajstić information content (AvgIpc) is 3.07. The van der Waals surface area contributed by atoms with Crippen molar-refractivity contribution in [2.45, 2.75) is 0 Å². The Morgan fingerprint density at radius 2 is 1.89 bits per heavy atom. The molecule has 2 N–H and O–H groups in total. The maximum absolute atomic E-state index is 11.7. The van der Waals surface area contributed by atoms with Gasteiger partial charge in [-0.05, 0) is 30.4 Å². The number of nitrogens with one attached hydrogen (secondary N) is 1. The third-order valence-electron chi connectivity index (χ3n) is 3.59. The van der Waals surface area contributed by atoms with Gasteiger partial charge in [0, 0.05) is 24.0 Å². The Hall–Kier alpha value is -4.28. The number of aromatic nitrogens is 3. The lowest BCUT2D eigenvalue weighted by Gasteiger charge is -2.06. The number of hydrogen-bond donors (Lipinski definition) is 2. The Kier molecular flexibility index (Phi) is 4.49. The topological polar surface area (TPSA) is 157 Å². The van der Waals surface area contributed by atoms with Crippen LogP contribution >= 0.6 is 0 Å². The van der Waals surface area contributed by atoms with Crippen LogP contribution in [0.15, 0.2) is 47.4 Å². The van der Waals surface area contributed by atoms with Crippen molar-refractivity contribution >= 4 is 23.5 Å². The molecule has 0 amide bonds. The highest BCUT2D eigenvalue weighted by Gasteiger charge is 2.21. The molecule has 11 nitrogen and oxygen atoms in total. The maximum Gasteiger partial charge on any atom is 0.395 e. The lowest BCUT2D eigenvalue weighted by molar-refractivity contribution is -0.387. The van der Waals surface area contributed by atoms with E-state index in [2.05, 4.69) is 9.97 Å². The summed E-state index contributed by atoms with van der Waals surface area (Å²) >= 11 is 0. The number of nitro benzene ring substituents is 1. The van der Waals surface area contributed by atoms with Crippen LogP contribution in [0.1, 0.15) is 11.5 Å². The monoisotopic (exact) mass is 369 g/mol. The van der Waals surface area contributed by atoms with Gasteiger partial charge in [-0.1, -0.05) is 6.07 Å². The van der Waals surface area contributed by atoms with Crippen LogP contribution in [-0.2, 0) is 0 Å². The van der Waals surface area contributed by atoms with Gasteiger partial charge < -0.3 is 14.7 Å². The third-order valence-corrected chi connectivity index (χ3v) is 3.59. The molecule has 0 aliphatic carbocycles. The van der Waals surface area contributed by atoms with Crippen LogP contribution in [0.4, 0.5) is 11.4 Å². The van der Waals surface area contributed by atoms with Crippen molar-refractivity contribution in [3.05, 3.63) is 84.7 Å². The van der Waals surface area contributed by atoms with Crippen LogP contribution < -0.4 is 5.56 Å². The van der Waals surface area contributed by atoms with Crippen LogP contribution in [0.25, 0.3) is 17.8 Å². The van der Waals surface area contributed by atoms with E-state index < -0.39 is 27.0 Å². The Bertz CT molecular complexity index is 1130. The fourth-order valence-corrected chi connectivity index (χ4v) is 2.40. The van der Waals surface area contributed by atoms with E-state index >= 15 is 0 Å². The zero-order valence-corrected chi connectivity index (χ0v) is 13.5. The second-order valence-electron chi connectivity index (χ2n) is 5.29. The van der Waals surface area contributed by atoms with Crippen molar-refractivity contribution in [3.63, 3.8) is 0 Å². The summed E-state index contributed by atoms with van der Waals surface area (Å²) in [5, 5.41) is 31.2. The molecule has 0 unspecified atom stereocenters. The lowest BCUT2D eigenvalue weighted by atomic mass is 10.2. The van der Waals surface area contributed by atoms with Gasteiger partial charge in [-0.2, -0.15) is 4.98 Å². The molecule has 1 aromatic carbocycles. The Morgan fingerprint density at radius 1 is 1.11 bits per heavy atom. The van der Waals surface area contributed by atoms with Crippen molar-refractivity contribution in [2.24, 2.45) is 0 Å². The molecule has 2 heterocycles. The molecule has 0 atom stereocenters. The Morgan fingerprint density at radius 3 is 2.56 bits per heavy atom. The van der Waals surface area contributed by atoms with Crippen molar-refractivity contribution in [1.29, 1.82) is 0 Å². The van der Waals surface area contributed by atoms with E-state index in [1.54, 1.807) is 35.0 Å². The number of rotatable bonds is 5. The van der Waals surface area contributed by atoms with Gasteiger partial charge in [0.05, 0.1) is 15.5 Å². The first-order valence-electron chi connectivity index (χ1n) is 7.45. The smallest absolute Gasteiger partial charge is 0.395 e. The maximum atomic E-state index is 11.7. The fourth-order valence-electron chi connectivity index (χ4n) is 2.40. The van der Waals surface area contributed by atoms with Gasteiger partial charge in [0.15, 0.2) is 0 Å². The minimum absolute atomic E-state index is 0.0672. The SMILES string of the molecule is O=c1[nH]c(/C=C/c2cccn2-c2cccc([N+](=O)[O-])c2)nc(O)c1[N+](=O)[O-]. The highest BCUT2D eigenvalue weighted by atomic mass is 16.6. The van der Waals surface area contributed by atoms with Gasteiger partial charge in [0.1, 0.15) is 5.82 Å². The summed E-state index contributed by atoms with van der Waals surface area (Å²) in [5.74, 6) is -1.08. The predicted octanol–water partition coefficient (Wildman–Crippen LogP) is 2.25. The quantitative estimate of drug-likeness (QED) is 0.515. The molecule has 0 aliphatic heterocycles. The van der Waals surface area contributed by atoms with E-state index in [4.69, 9.17) is 0 Å². The molecule has 27 heavy (non-hydrogen) atoms. The molecule has 0 radical (unpaired) electrons. The van der Waals surface area contributed by atoms with Gasteiger partial charge in [-0.15, -0.1) is 0 Å². The average molecular weight is 369 g/mol. The zero-order chi connectivity index (χ0) is 19.6. The first kappa shape index (κ1) is 17.5. The van der Waals surface area contributed by atoms with E-state index in [1.165, 1.54) is 24.3 Å². The number of aromatic amines is 1. The summed E-state index contributed by atoms with van der Waals surface area (Å²) in [6.45, 7) is 0. The van der Waals surface area contributed by atoms with Crippen molar-refractivity contribution in [1.82, 2.24) is 14.5 Å². The Labute approximate surface area is 150 Å². The van der Waals surface area contributed by atoms with Gasteiger partial charge in [0.2, 0.25) is 0 Å². The summed E-state index contributed by atoms with van der Waals surface area (Å²) in [6, 6.07) is 9.42. The predicted molar refractivity (Wildman–Crippen MR) is 94.5 cm³/mol. The summed E-state index contributed by atoms with van der Waals surface area (Å²) in [6.07, 6.45) is 4.55. The minimum Gasteiger partial charge on any atom is -0.488 e. The summed E-state index contributed by atoms with van der Waals surface area (Å²) in [4.78, 5) is 37.5. The number of nitrogens with zero attached hydrogens (tertiary/aromatic N) is 4. The molecule has 0 saturated carbocycles. The molecule has 0 fully saturated rings. The normalized spacial score (nSPS) is 11.0. The van der Waals surface area contributed by atoms with Crippen LogP contribution in [0, 0.1) is 20.2 Å². The number of nitro groups is 2. The van der Waals surface area contributed by atoms with E-state index in [9.17, 15) is 30.1 Å². The van der Waals surface area contributed by atoms with Crippen molar-refractivity contribution in [2.75, 3.05) is 0 Å². The standard InChI is InChI=1S/C16H11N5O6/c22-15-14(21(26)27)16(23)18-13(17-15)7-6-10-5-2-8-19(10)11-3-1-4-12(9-11)20(24)25/h1-9H,(H2,17,18,22,23)/b7-6+. The lowest BCUT2D eigenvalue weighted by Crippen LogP contribution is -2.14. The van der Waals surface area contributed by atoms with Crippen LogP contribution in [0.3, 0.4) is 0 Å². The molecule has 0 aliphatic rings. The first-order valence-corrected chi connectivity index (χ1v) is 7.45. The first-order chi connectivity index (χ1) is 12.9. The molecule has 2 aromatic heterocycles. The molecule has 3 aromatic rings. The minimum atomic E-state index is -1.08. The second-order valence-corrected chi connectivity index (χ2v) is 5.29. The number of benzene rings is 1. The van der Waals surface area contributed by atoms with E-state index in [-0.39, 0.29) is 11.5 Å². The number of non-ortho nitro benzene ring substituents is 1. The van der Waals surface area contributed by atoms with Gasteiger partial charge in [-0.25, -0.2) is 0 Å². The molecular formula is C16H11N5O6. The number of hydrogen-bond acceptors (Lipinski definition) is 7. The molecule has 136 valence electrons. The van der Waals surface area contributed by atoms with Crippen LogP contribution in [0.2, 0.25) is 0 Å². The highest BCUT2D eigenvalue weighted by molar-refractivity contribution is 5.67. The molecule has 3 rings (SSSR count). The van der Waals surface area contributed by atoms with E-state index in [1.807, 2.05) is 0 Å². The second kappa shape index (κ2) is 6.92. The Balaban J connectivity index is 1.96.